The van der Waals surface area contributed by atoms with Crippen molar-refractivity contribution in [3.05, 3.63) is 29.6 Å². The maximum Gasteiger partial charge on any atom is 0.0694 e. The van der Waals surface area contributed by atoms with E-state index in [1.165, 1.54) is 0 Å². The summed E-state index contributed by atoms with van der Waals surface area (Å²) in [5, 5.41) is 3.25. The molecule has 1 aromatic heterocycles. The van der Waals surface area contributed by atoms with Crippen LogP contribution in [0.4, 0.5) is 0 Å². The quantitative estimate of drug-likeness (QED) is 0.754. The summed E-state index contributed by atoms with van der Waals surface area (Å²) in [6.07, 6.45) is 0. The number of nitrogens with zero attached hydrogens (tertiary/aromatic N) is 1. The van der Waals surface area contributed by atoms with Crippen LogP contribution in [0.15, 0.2) is 18.2 Å². The molecule has 0 fully saturated rings. The second-order valence-corrected chi connectivity index (χ2v) is 4.07. The number of ether oxygens (including phenoxy) is 1. The average Bonchev–Trinajstić information content (AvgIpc) is 2.18. The smallest absolute Gasteiger partial charge is 0.0694 e. The Morgan fingerprint density at radius 2 is 2.33 bits per heavy atom. The van der Waals surface area contributed by atoms with Gasteiger partial charge in [-0.3, -0.25) is 4.98 Å². The van der Waals surface area contributed by atoms with Gasteiger partial charge < -0.3 is 10.1 Å². The van der Waals surface area contributed by atoms with E-state index in [2.05, 4.69) is 10.3 Å². The third-order valence-electron chi connectivity index (χ3n) is 1.97. The van der Waals surface area contributed by atoms with Crippen LogP contribution in [0.25, 0.3) is 0 Å². The van der Waals surface area contributed by atoms with E-state index in [9.17, 15) is 0 Å². The number of hydrogen-bond donors (Lipinski definition) is 1. The number of nitrogens with one attached hydrogen (secondary N) is 1. The van der Waals surface area contributed by atoms with Crippen molar-refractivity contribution in [2.75, 3.05) is 20.3 Å². The fourth-order valence-electron chi connectivity index (χ4n) is 1.29. The van der Waals surface area contributed by atoms with Crippen molar-refractivity contribution in [3.63, 3.8) is 0 Å². The SMILES string of the molecule is COCC(Cl)CNCc1cccc(C)n1. The van der Waals surface area contributed by atoms with Crippen molar-refractivity contribution in [3.8, 4) is 0 Å². The fraction of sp³-hybridized carbons (Fsp3) is 0.545. The summed E-state index contributed by atoms with van der Waals surface area (Å²) in [5.74, 6) is 0. The molecular formula is C11H17ClN2O. The summed E-state index contributed by atoms with van der Waals surface area (Å²) >= 11 is 5.97. The second kappa shape index (κ2) is 6.77. The molecule has 3 nitrogen and oxygen atoms in total. The van der Waals surface area contributed by atoms with Crippen molar-refractivity contribution in [2.24, 2.45) is 0 Å². The minimum Gasteiger partial charge on any atom is -0.383 e. The van der Waals surface area contributed by atoms with Crippen LogP contribution < -0.4 is 5.32 Å². The van der Waals surface area contributed by atoms with Crippen LogP contribution in [0.5, 0.6) is 0 Å². The monoisotopic (exact) mass is 228 g/mol. The van der Waals surface area contributed by atoms with E-state index >= 15 is 0 Å². The lowest BCUT2D eigenvalue weighted by Crippen LogP contribution is -2.26. The van der Waals surface area contributed by atoms with Gasteiger partial charge in [-0.25, -0.2) is 0 Å². The Labute approximate surface area is 95.8 Å². The molecule has 1 heterocycles. The van der Waals surface area contributed by atoms with Gasteiger partial charge in [-0.2, -0.15) is 0 Å². The van der Waals surface area contributed by atoms with Crippen LogP contribution >= 0.6 is 11.6 Å². The Hall–Kier alpha value is -0.640. The molecule has 4 heteroatoms. The summed E-state index contributed by atoms with van der Waals surface area (Å²) in [4.78, 5) is 4.38. The third kappa shape index (κ3) is 5.11. The maximum atomic E-state index is 5.97. The highest BCUT2D eigenvalue weighted by Gasteiger charge is 2.02. The van der Waals surface area contributed by atoms with Gasteiger partial charge in [-0.1, -0.05) is 6.07 Å². The Balaban J connectivity index is 2.25. The molecule has 84 valence electrons. The van der Waals surface area contributed by atoms with Gasteiger partial charge in [-0.15, -0.1) is 11.6 Å². The van der Waals surface area contributed by atoms with Gasteiger partial charge in [0, 0.05) is 25.9 Å². The normalized spacial score (nSPS) is 12.7. The highest BCUT2D eigenvalue weighted by atomic mass is 35.5. The van der Waals surface area contributed by atoms with Gasteiger partial charge in [0.25, 0.3) is 0 Å². The Morgan fingerprint density at radius 3 is 3.00 bits per heavy atom. The molecule has 0 spiro atoms. The van der Waals surface area contributed by atoms with E-state index in [0.29, 0.717) is 6.61 Å². The van der Waals surface area contributed by atoms with Crippen LogP contribution in [0.3, 0.4) is 0 Å². The van der Waals surface area contributed by atoms with Crippen LogP contribution in [0.1, 0.15) is 11.4 Å². The average molecular weight is 229 g/mol. The first-order chi connectivity index (χ1) is 7.22. The zero-order valence-corrected chi connectivity index (χ0v) is 9.92. The Bertz CT molecular complexity index is 294. The van der Waals surface area contributed by atoms with Crippen molar-refractivity contribution >= 4 is 11.6 Å². The van der Waals surface area contributed by atoms with Crippen molar-refractivity contribution < 1.29 is 4.74 Å². The van der Waals surface area contributed by atoms with Crippen LogP contribution in [-0.2, 0) is 11.3 Å². The minimum absolute atomic E-state index is 0.0137. The molecule has 0 aliphatic carbocycles. The highest BCUT2D eigenvalue weighted by molar-refractivity contribution is 6.20. The lowest BCUT2D eigenvalue weighted by atomic mass is 10.3. The van der Waals surface area contributed by atoms with E-state index in [1.54, 1.807) is 7.11 Å². The van der Waals surface area contributed by atoms with Crippen LogP contribution in [0.2, 0.25) is 0 Å². The van der Waals surface area contributed by atoms with E-state index in [4.69, 9.17) is 16.3 Å². The van der Waals surface area contributed by atoms with Crippen molar-refractivity contribution in [1.29, 1.82) is 0 Å². The molecule has 0 amide bonds. The van der Waals surface area contributed by atoms with Gasteiger partial charge in [-0.05, 0) is 19.1 Å². The van der Waals surface area contributed by atoms with Crippen LogP contribution in [-0.4, -0.2) is 30.6 Å². The molecule has 1 unspecified atom stereocenters. The molecule has 0 saturated heterocycles. The molecule has 0 saturated carbocycles. The lowest BCUT2D eigenvalue weighted by Gasteiger charge is -2.09. The largest absolute Gasteiger partial charge is 0.383 e. The first-order valence-electron chi connectivity index (χ1n) is 4.98. The first kappa shape index (κ1) is 12.4. The predicted octanol–water partition coefficient (Wildman–Crippen LogP) is 1.73. The molecule has 1 rings (SSSR count). The van der Waals surface area contributed by atoms with Crippen molar-refractivity contribution in [2.45, 2.75) is 18.8 Å². The summed E-state index contributed by atoms with van der Waals surface area (Å²) < 4.78 is 4.94. The van der Waals surface area contributed by atoms with Crippen molar-refractivity contribution in [1.82, 2.24) is 10.3 Å². The van der Waals surface area contributed by atoms with Gasteiger partial charge >= 0.3 is 0 Å². The number of pyridine rings is 1. The number of rotatable bonds is 6. The zero-order valence-electron chi connectivity index (χ0n) is 9.16. The van der Waals surface area contributed by atoms with E-state index in [-0.39, 0.29) is 5.38 Å². The van der Waals surface area contributed by atoms with Gasteiger partial charge in [0.15, 0.2) is 0 Å². The summed E-state index contributed by atoms with van der Waals surface area (Å²) in [5.41, 5.74) is 2.07. The van der Waals surface area contributed by atoms with Gasteiger partial charge in [0.1, 0.15) is 0 Å². The summed E-state index contributed by atoms with van der Waals surface area (Å²) in [6.45, 7) is 4.02. The third-order valence-corrected chi connectivity index (χ3v) is 2.25. The molecule has 15 heavy (non-hydrogen) atoms. The number of hydrogen-bond acceptors (Lipinski definition) is 3. The molecular weight excluding hydrogens is 212 g/mol. The molecule has 1 atom stereocenters. The Morgan fingerprint density at radius 1 is 1.53 bits per heavy atom. The number of alkyl halides is 1. The molecule has 0 bridgehead atoms. The number of methoxy groups -OCH3 is 1. The topological polar surface area (TPSA) is 34.1 Å². The summed E-state index contributed by atoms with van der Waals surface area (Å²) in [7, 11) is 1.65. The molecule has 0 aliphatic heterocycles. The van der Waals surface area contributed by atoms with Gasteiger partial charge in [0.05, 0.1) is 17.7 Å². The molecule has 1 aromatic rings. The standard InChI is InChI=1S/C11H17ClN2O/c1-9-4-3-5-11(14-9)7-13-6-10(12)8-15-2/h3-5,10,13H,6-8H2,1-2H3. The van der Waals surface area contributed by atoms with E-state index in [0.717, 1.165) is 24.5 Å². The number of halogens is 1. The number of aryl methyl sites for hydroxylation is 1. The summed E-state index contributed by atoms with van der Waals surface area (Å²) in [6, 6.07) is 5.99. The first-order valence-corrected chi connectivity index (χ1v) is 5.42. The number of aromatic nitrogens is 1. The molecule has 1 N–H and O–H groups in total. The van der Waals surface area contributed by atoms with Gasteiger partial charge in [0.2, 0.25) is 0 Å². The Kier molecular flexibility index (Phi) is 5.61. The zero-order chi connectivity index (χ0) is 11.1. The predicted molar refractivity (Wildman–Crippen MR) is 62.2 cm³/mol. The molecule has 0 aliphatic rings. The minimum atomic E-state index is 0.0137. The fourth-order valence-corrected chi connectivity index (χ4v) is 1.53. The van der Waals surface area contributed by atoms with E-state index in [1.807, 2.05) is 25.1 Å². The lowest BCUT2D eigenvalue weighted by molar-refractivity contribution is 0.197. The van der Waals surface area contributed by atoms with Crippen LogP contribution in [0, 0.1) is 6.92 Å². The second-order valence-electron chi connectivity index (χ2n) is 3.45. The molecule has 0 radical (unpaired) electrons. The van der Waals surface area contributed by atoms with E-state index < -0.39 is 0 Å². The maximum absolute atomic E-state index is 5.97. The molecule has 0 aromatic carbocycles. The highest BCUT2D eigenvalue weighted by Crippen LogP contribution is 1.99.